The van der Waals surface area contributed by atoms with E-state index in [4.69, 9.17) is 4.99 Å². The minimum absolute atomic E-state index is 0.00444. The molecular formula is C30H24N6O2. The number of fused-ring (bicyclic) bond motifs is 2. The molecule has 2 heterocycles. The molecule has 6 rings (SSSR count). The topological polar surface area (TPSA) is 118 Å². The second kappa shape index (κ2) is 9.59. The SMILES string of the molecule is CNc1ccc(N=C(c2ccccc2)c2c(O)[nH]c3cc(NC(=O)c4nc5ccccc5[nH]4)ccc23)cc1. The van der Waals surface area contributed by atoms with Gasteiger partial charge < -0.3 is 25.7 Å². The molecule has 6 aromatic rings. The molecule has 0 unspecified atom stereocenters. The van der Waals surface area contributed by atoms with Gasteiger partial charge in [-0.05, 0) is 54.6 Å². The van der Waals surface area contributed by atoms with Crippen molar-refractivity contribution in [2.75, 3.05) is 17.7 Å². The van der Waals surface area contributed by atoms with Crippen molar-refractivity contribution in [3.05, 3.63) is 114 Å². The molecule has 0 aliphatic heterocycles. The predicted octanol–water partition coefficient (Wildman–Crippen LogP) is 6.21. The van der Waals surface area contributed by atoms with E-state index in [1.165, 1.54) is 0 Å². The number of aromatic hydroxyl groups is 1. The van der Waals surface area contributed by atoms with Gasteiger partial charge in [0.15, 0.2) is 11.7 Å². The number of anilines is 2. The number of imidazole rings is 1. The van der Waals surface area contributed by atoms with Gasteiger partial charge in [-0.25, -0.2) is 9.98 Å². The second-order valence-electron chi connectivity index (χ2n) is 8.79. The average Bonchev–Trinajstić information content (AvgIpc) is 3.53. The largest absolute Gasteiger partial charge is 0.494 e. The molecule has 2 aromatic heterocycles. The number of nitrogens with one attached hydrogen (secondary N) is 4. The van der Waals surface area contributed by atoms with E-state index in [9.17, 15) is 9.90 Å². The normalized spacial score (nSPS) is 11.7. The third-order valence-electron chi connectivity index (χ3n) is 6.32. The van der Waals surface area contributed by atoms with Gasteiger partial charge >= 0.3 is 0 Å². The number of carbonyl (C=O) groups excluding carboxylic acids is 1. The molecule has 38 heavy (non-hydrogen) atoms. The highest BCUT2D eigenvalue weighted by Crippen LogP contribution is 2.33. The first-order valence-electron chi connectivity index (χ1n) is 12.1. The molecule has 0 saturated heterocycles. The van der Waals surface area contributed by atoms with Gasteiger partial charge in [-0.2, -0.15) is 0 Å². The maximum absolute atomic E-state index is 12.8. The van der Waals surface area contributed by atoms with Gasteiger partial charge in [0.2, 0.25) is 0 Å². The van der Waals surface area contributed by atoms with Crippen LogP contribution in [0.3, 0.4) is 0 Å². The van der Waals surface area contributed by atoms with Crippen LogP contribution < -0.4 is 10.6 Å². The summed E-state index contributed by atoms with van der Waals surface area (Å²) in [5.74, 6) is -0.132. The van der Waals surface area contributed by atoms with Crippen molar-refractivity contribution in [1.82, 2.24) is 15.0 Å². The maximum Gasteiger partial charge on any atom is 0.291 e. The van der Waals surface area contributed by atoms with Crippen LogP contribution >= 0.6 is 0 Å². The highest BCUT2D eigenvalue weighted by Gasteiger charge is 2.20. The number of amides is 1. The first kappa shape index (κ1) is 23.1. The van der Waals surface area contributed by atoms with Crippen LogP contribution in [0.15, 0.2) is 102 Å². The van der Waals surface area contributed by atoms with E-state index in [1.54, 1.807) is 12.1 Å². The summed E-state index contributed by atoms with van der Waals surface area (Å²) in [5.41, 5.74) is 6.56. The van der Waals surface area contributed by atoms with Gasteiger partial charge in [-0.3, -0.25) is 4.79 Å². The van der Waals surface area contributed by atoms with Crippen molar-refractivity contribution >= 4 is 50.6 Å². The van der Waals surface area contributed by atoms with Crippen molar-refractivity contribution in [3.8, 4) is 5.88 Å². The highest BCUT2D eigenvalue weighted by molar-refractivity contribution is 6.22. The average molecular weight is 501 g/mol. The number of benzene rings is 4. The number of aromatic amines is 2. The Labute approximate surface area is 218 Å². The van der Waals surface area contributed by atoms with Gasteiger partial charge in [0.1, 0.15) is 0 Å². The molecule has 0 spiro atoms. The zero-order valence-corrected chi connectivity index (χ0v) is 20.5. The van der Waals surface area contributed by atoms with Crippen LogP contribution in [-0.2, 0) is 0 Å². The molecule has 0 atom stereocenters. The number of H-pyrrole nitrogens is 2. The fourth-order valence-electron chi connectivity index (χ4n) is 4.44. The molecule has 1 amide bonds. The first-order valence-corrected chi connectivity index (χ1v) is 12.1. The lowest BCUT2D eigenvalue weighted by Gasteiger charge is -2.09. The summed E-state index contributed by atoms with van der Waals surface area (Å²) in [4.78, 5) is 28.2. The molecule has 186 valence electrons. The Morgan fingerprint density at radius 1 is 0.842 bits per heavy atom. The number of para-hydroxylation sites is 2. The van der Waals surface area contributed by atoms with Gasteiger partial charge in [-0.1, -0.05) is 42.5 Å². The number of nitrogens with zero attached hydrogens (tertiary/aromatic N) is 2. The zero-order chi connectivity index (χ0) is 26.1. The van der Waals surface area contributed by atoms with Gasteiger partial charge in [0.05, 0.1) is 33.5 Å². The Kier molecular flexibility index (Phi) is 5.82. The molecule has 0 bridgehead atoms. The minimum Gasteiger partial charge on any atom is -0.494 e. The third kappa shape index (κ3) is 4.35. The van der Waals surface area contributed by atoms with E-state index in [0.717, 1.165) is 33.4 Å². The number of aromatic nitrogens is 3. The lowest BCUT2D eigenvalue weighted by Crippen LogP contribution is -2.13. The molecule has 8 heteroatoms. The van der Waals surface area contributed by atoms with E-state index < -0.39 is 0 Å². The van der Waals surface area contributed by atoms with Crippen molar-refractivity contribution in [1.29, 1.82) is 0 Å². The van der Waals surface area contributed by atoms with E-state index in [2.05, 4.69) is 25.6 Å². The molecule has 8 nitrogen and oxygen atoms in total. The quantitative estimate of drug-likeness (QED) is 0.175. The molecule has 5 N–H and O–H groups in total. The van der Waals surface area contributed by atoms with Crippen molar-refractivity contribution in [2.24, 2.45) is 4.99 Å². The summed E-state index contributed by atoms with van der Waals surface area (Å²) in [7, 11) is 1.87. The van der Waals surface area contributed by atoms with Crippen molar-refractivity contribution in [2.45, 2.75) is 0 Å². The number of hydrogen-bond acceptors (Lipinski definition) is 5. The summed E-state index contributed by atoms with van der Waals surface area (Å²) >= 11 is 0. The lowest BCUT2D eigenvalue weighted by molar-refractivity contribution is 0.101. The summed E-state index contributed by atoms with van der Waals surface area (Å²) in [6.07, 6.45) is 0. The fourth-order valence-corrected chi connectivity index (χ4v) is 4.44. The van der Waals surface area contributed by atoms with Crippen LogP contribution in [0, 0.1) is 0 Å². The Balaban J connectivity index is 1.37. The Hall–Kier alpha value is -5.37. The number of aliphatic imine (C=N–C) groups is 1. The van der Waals surface area contributed by atoms with E-state index >= 15 is 0 Å². The molecule has 4 aromatic carbocycles. The van der Waals surface area contributed by atoms with Gasteiger partial charge in [0.25, 0.3) is 5.91 Å². The van der Waals surface area contributed by atoms with Crippen LogP contribution in [0.2, 0.25) is 0 Å². The fraction of sp³-hybridized carbons (Fsp3) is 0.0333. The van der Waals surface area contributed by atoms with Gasteiger partial charge in [0, 0.05) is 29.4 Å². The number of hydrogen-bond donors (Lipinski definition) is 5. The predicted molar refractivity (Wildman–Crippen MR) is 152 cm³/mol. The van der Waals surface area contributed by atoms with Crippen LogP contribution in [-0.4, -0.2) is 38.7 Å². The molecule has 0 fully saturated rings. The Morgan fingerprint density at radius 3 is 2.34 bits per heavy atom. The molecule has 0 radical (unpaired) electrons. The second-order valence-corrected chi connectivity index (χ2v) is 8.79. The number of rotatable bonds is 6. The first-order chi connectivity index (χ1) is 18.6. The van der Waals surface area contributed by atoms with Crippen molar-refractivity contribution in [3.63, 3.8) is 0 Å². The zero-order valence-electron chi connectivity index (χ0n) is 20.5. The molecule has 0 aliphatic rings. The summed E-state index contributed by atoms with van der Waals surface area (Å²) in [5, 5.41) is 17.8. The van der Waals surface area contributed by atoms with Crippen molar-refractivity contribution < 1.29 is 9.90 Å². The lowest BCUT2D eigenvalue weighted by atomic mass is 10.0. The highest BCUT2D eigenvalue weighted by atomic mass is 16.3. The van der Waals surface area contributed by atoms with E-state index in [-0.39, 0.29) is 17.6 Å². The number of carbonyl (C=O) groups is 1. The standard InChI is InChI=1S/C30H24N6O2/c1-31-19-11-13-20(14-12-19)32-27(18-7-3-2-4-8-18)26-22-16-15-21(17-25(22)36-29(26)37)33-30(38)28-34-23-9-5-6-10-24(23)35-28/h2-17,31,36-37H,1H3,(H,33,38)(H,34,35). The smallest absolute Gasteiger partial charge is 0.291 e. The Bertz CT molecular complexity index is 1770. The van der Waals surface area contributed by atoms with Crippen LogP contribution in [0.25, 0.3) is 21.9 Å². The molecular weight excluding hydrogens is 476 g/mol. The van der Waals surface area contributed by atoms with Crippen LogP contribution in [0.4, 0.5) is 17.1 Å². The molecule has 0 aliphatic carbocycles. The minimum atomic E-state index is -0.354. The Morgan fingerprint density at radius 2 is 1.58 bits per heavy atom. The summed E-state index contributed by atoms with van der Waals surface area (Å²) < 4.78 is 0. The summed E-state index contributed by atoms with van der Waals surface area (Å²) in [6, 6.07) is 30.4. The third-order valence-corrected chi connectivity index (χ3v) is 6.32. The van der Waals surface area contributed by atoms with Gasteiger partial charge in [-0.15, -0.1) is 0 Å². The van der Waals surface area contributed by atoms with Crippen LogP contribution in [0.1, 0.15) is 21.7 Å². The van der Waals surface area contributed by atoms with E-state index in [1.807, 2.05) is 92.0 Å². The van der Waals surface area contributed by atoms with E-state index in [0.29, 0.717) is 22.5 Å². The molecule has 0 saturated carbocycles. The van der Waals surface area contributed by atoms with Crippen LogP contribution in [0.5, 0.6) is 5.88 Å². The maximum atomic E-state index is 12.8. The monoisotopic (exact) mass is 500 g/mol. The summed E-state index contributed by atoms with van der Waals surface area (Å²) in [6.45, 7) is 0.